The van der Waals surface area contributed by atoms with Crippen molar-refractivity contribution in [2.45, 2.75) is 42.8 Å². The molecule has 11 heteroatoms. The Kier molecular flexibility index (Phi) is 6.23. The molecule has 2 aromatic heterocycles. The Balaban J connectivity index is 1.32. The Morgan fingerprint density at radius 1 is 1.35 bits per heavy atom. The third-order valence-electron chi connectivity index (χ3n) is 4.91. The van der Waals surface area contributed by atoms with Crippen molar-refractivity contribution in [3.63, 3.8) is 0 Å². The van der Waals surface area contributed by atoms with Crippen molar-refractivity contribution in [2.24, 2.45) is 0 Å². The van der Waals surface area contributed by atoms with Crippen LogP contribution in [-0.2, 0) is 20.1 Å². The van der Waals surface area contributed by atoms with Crippen LogP contribution in [0.1, 0.15) is 29.9 Å². The molecule has 0 bridgehead atoms. The summed E-state index contributed by atoms with van der Waals surface area (Å²) in [7, 11) is 0. The molecule has 0 saturated carbocycles. The predicted octanol–water partition coefficient (Wildman–Crippen LogP) is 2.53. The highest BCUT2D eigenvalue weighted by Gasteiger charge is 2.27. The number of fused-ring (bicyclic) bond motifs is 1. The van der Waals surface area contributed by atoms with Gasteiger partial charge in [0.05, 0.1) is 22.5 Å². The van der Waals surface area contributed by atoms with Crippen LogP contribution < -0.4 is 16.0 Å². The number of hydrogen-bond donors (Lipinski definition) is 3. The number of thiazole rings is 1. The van der Waals surface area contributed by atoms with Crippen molar-refractivity contribution in [3.05, 3.63) is 35.2 Å². The van der Waals surface area contributed by atoms with E-state index >= 15 is 0 Å². The number of anilines is 1. The molecular weight excluding hydrogens is 438 g/mol. The fourth-order valence-corrected chi connectivity index (χ4v) is 5.45. The van der Waals surface area contributed by atoms with E-state index in [1.165, 1.54) is 0 Å². The van der Waals surface area contributed by atoms with Crippen LogP contribution in [0, 0.1) is 13.8 Å². The number of benzene rings is 1. The molecule has 1 unspecified atom stereocenters. The summed E-state index contributed by atoms with van der Waals surface area (Å²) in [5, 5.41) is 11.9. The molecule has 3 N–H and O–H groups in total. The zero-order chi connectivity index (χ0) is 22.0. The van der Waals surface area contributed by atoms with Crippen LogP contribution in [0.5, 0.6) is 0 Å². The smallest absolute Gasteiger partial charge is 0.243 e. The standard InChI is InChI=1S/C20H21N5O4S2/c1-10-13(11(2)29-25-10)9-30-20-24-14-4-3-12(7-16(14)31-20)22-18(27)8-21-19(28)15-5-6-17(26)23-15/h3-4,7,15H,5-6,8-9H2,1-2H3,(H,21,28)(H,22,27)(H,23,26). The van der Waals surface area contributed by atoms with Crippen molar-refractivity contribution in [1.29, 1.82) is 0 Å². The number of aryl methyl sites for hydroxylation is 2. The Bertz CT molecular complexity index is 1140. The van der Waals surface area contributed by atoms with Crippen molar-refractivity contribution in [3.8, 4) is 0 Å². The summed E-state index contributed by atoms with van der Waals surface area (Å²) in [5.41, 5.74) is 3.45. The summed E-state index contributed by atoms with van der Waals surface area (Å²) in [5.74, 6) is 0.713. The van der Waals surface area contributed by atoms with E-state index in [0.29, 0.717) is 18.5 Å². The third-order valence-corrected chi connectivity index (χ3v) is 7.10. The fraction of sp³-hybridized carbons (Fsp3) is 0.350. The average molecular weight is 460 g/mol. The predicted molar refractivity (Wildman–Crippen MR) is 118 cm³/mol. The maximum absolute atomic E-state index is 12.2. The summed E-state index contributed by atoms with van der Waals surface area (Å²) in [4.78, 5) is 40.0. The van der Waals surface area contributed by atoms with Crippen molar-refractivity contribution >= 4 is 56.7 Å². The molecule has 0 radical (unpaired) electrons. The van der Waals surface area contributed by atoms with Gasteiger partial charge in [-0.1, -0.05) is 16.9 Å². The summed E-state index contributed by atoms with van der Waals surface area (Å²) in [6.45, 7) is 3.66. The summed E-state index contributed by atoms with van der Waals surface area (Å²) >= 11 is 3.17. The zero-order valence-electron chi connectivity index (χ0n) is 17.0. The number of nitrogens with one attached hydrogen (secondary N) is 3. The van der Waals surface area contributed by atoms with Gasteiger partial charge >= 0.3 is 0 Å². The molecule has 1 fully saturated rings. The highest BCUT2D eigenvalue weighted by molar-refractivity contribution is 8.00. The van der Waals surface area contributed by atoms with E-state index in [-0.39, 0.29) is 24.3 Å². The quantitative estimate of drug-likeness (QED) is 0.464. The monoisotopic (exact) mass is 459 g/mol. The number of thioether (sulfide) groups is 1. The van der Waals surface area contributed by atoms with E-state index in [0.717, 1.165) is 37.3 Å². The Morgan fingerprint density at radius 3 is 2.90 bits per heavy atom. The van der Waals surface area contributed by atoms with Gasteiger partial charge in [0.25, 0.3) is 0 Å². The fourth-order valence-electron chi connectivity index (χ4n) is 3.19. The number of carbonyl (C=O) groups excluding carboxylic acids is 3. The third kappa shape index (κ3) is 5.05. The molecule has 1 aliphatic rings. The second-order valence-corrected chi connectivity index (χ2v) is 9.43. The van der Waals surface area contributed by atoms with E-state index in [4.69, 9.17) is 4.52 Å². The van der Waals surface area contributed by atoms with Crippen LogP contribution >= 0.6 is 23.1 Å². The van der Waals surface area contributed by atoms with E-state index in [9.17, 15) is 14.4 Å². The maximum Gasteiger partial charge on any atom is 0.243 e. The molecule has 3 amide bonds. The molecule has 1 aliphatic heterocycles. The first-order valence-electron chi connectivity index (χ1n) is 9.71. The van der Waals surface area contributed by atoms with Gasteiger partial charge in [0.15, 0.2) is 4.34 Å². The number of amides is 3. The van der Waals surface area contributed by atoms with Crippen LogP contribution in [-0.4, -0.2) is 40.4 Å². The van der Waals surface area contributed by atoms with Gasteiger partial charge in [0.1, 0.15) is 11.8 Å². The van der Waals surface area contributed by atoms with Crippen molar-refractivity contribution in [1.82, 2.24) is 20.8 Å². The zero-order valence-corrected chi connectivity index (χ0v) is 18.6. The van der Waals surface area contributed by atoms with Crippen LogP contribution in [0.4, 0.5) is 5.69 Å². The number of aromatic nitrogens is 2. The van der Waals surface area contributed by atoms with E-state index in [1.807, 2.05) is 26.0 Å². The molecule has 3 heterocycles. The molecular formula is C20H21N5O4S2. The van der Waals surface area contributed by atoms with Gasteiger partial charge in [-0.3, -0.25) is 14.4 Å². The topological polar surface area (TPSA) is 126 Å². The first kappa shape index (κ1) is 21.3. The molecule has 1 atom stereocenters. The Labute approximate surface area is 186 Å². The SMILES string of the molecule is Cc1noc(C)c1CSc1nc2ccc(NC(=O)CNC(=O)C3CCC(=O)N3)cc2s1. The lowest BCUT2D eigenvalue weighted by Crippen LogP contribution is -2.44. The minimum atomic E-state index is -0.560. The molecule has 0 spiro atoms. The number of nitrogens with zero attached hydrogens (tertiary/aromatic N) is 2. The molecule has 31 heavy (non-hydrogen) atoms. The van der Waals surface area contributed by atoms with Gasteiger partial charge in [-0.25, -0.2) is 4.98 Å². The summed E-state index contributed by atoms with van der Waals surface area (Å²) in [6.07, 6.45) is 0.780. The number of carbonyl (C=O) groups is 3. The second kappa shape index (κ2) is 9.06. The van der Waals surface area contributed by atoms with Gasteiger partial charge in [-0.15, -0.1) is 11.3 Å². The minimum absolute atomic E-state index is 0.147. The van der Waals surface area contributed by atoms with Gasteiger partial charge in [0.2, 0.25) is 17.7 Å². The molecule has 1 aromatic carbocycles. The van der Waals surface area contributed by atoms with E-state index in [1.54, 1.807) is 29.2 Å². The molecule has 1 saturated heterocycles. The Hall–Kier alpha value is -2.92. The van der Waals surface area contributed by atoms with Crippen LogP contribution in [0.2, 0.25) is 0 Å². The molecule has 0 aliphatic carbocycles. The molecule has 9 nitrogen and oxygen atoms in total. The van der Waals surface area contributed by atoms with Gasteiger partial charge in [-0.05, 0) is 38.5 Å². The van der Waals surface area contributed by atoms with Gasteiger partial charge in [-0.2, -0.15) is 0 Å². The lowest BCUT2D eigenvalue weighted by atomic mass is 10.2. The minimum Gasteiger partial charge on any atom is -0.361 e. The van der Waals surface area contributed by atoms with Crippen molar-refractivity contribution < 1.29 is 18.9 Å². The van der Waals surface area contributed by atoms with E-state index in [2.05, 4.69) is 26.1 Å². The molecule has 3 aromatic rings. The van der Waals surface area contributed by atoms with Gasteiger partial charge in [0, 0.05) is 23.4 Å². The largest absolute Gasteiger partial charge is 0.361 e. The summed E-state index contributed by atoms with van der Waals surface area (Å²) < 4.78 is 7.07. The highest BCUT2D eigenvalue weighted by Crippen LogP contribution is 2.34. The number of rotatable bonds is 7. The highest BCUT2D eigenvalue weighted by atomic mass is 32.2. The normalized spacial score (nSPS) is 15.8. The average Bonchev–Trinajstić information content (AvgIpc) is 3.43. The summed E-state index contributed by atoms with van der Waals surface area (Å²) in [6, 6.07) is 4.94. The van der Waals surface area contributed by atoms with Gasteiger partial charge < -0.3 is 20.5 Å². The lowest BCUT2D eigenvalue weighted by Gasteiger charge is -2.11. The van der Waals surface area contributed by atoms with E-state index < -0.39 is 6.04 Å². The van der Waals surface area contributed by atoms with Crippen molar-refractivity contribution in [2.75, 3.05) is 11.9 Å². The Morgan fingerprint density at radius 2 is 2.19 bits per heavy atom. The lowest BCUT2D eigenvalue weighted by molar-refractivity contribution is -0.127. The maximum atomic E-state index is 12.2. The number of hydrogen-bond acceptors (Lipinski definition) is 8. The first-order chi connectivity index (χ1) is 14.9. The second-order valence-electron chi connectivity index (χ2n) is 7.18. The first-order valence-corrected chi connectivity index (χ1v) is 11.5. The van der Waals surface area contributed by atoms with Crippen LogP contribution in [0.25, 0.3) is 10.2 Å². The van der Waals surface area contributed by atoms with Crippen LogP contribution in [0.15, 0.2) is 27.1 Å². The van der Waals surface area contributed by atoms with Crippen LogP contribution in [0.3, 0.4) is 0 Å². The molecule has 162 valence electrons. The molecule has 4 rings (SSSR count).